The second kappa shape index (κ2) is 8.19. The molecule has 0 spiro atoms. The third-order valence-electron chi connectivity index (χ3n) is 5.43. The average molecular weight is 440 g/mol. The Morgan fingerprint density at radius 2 is 1.87 bits per heavy atom. The molecule has 1 N–H and O–H groups in total. The van der Waals surface area contributed by atoms with Gasteiger partial charge in [-0.05, 0) is 49.6 Å². The lowest BCUT2D eigenvalue weighted by Gasteiger charge is -2.13. The van der Waals surface area contributed by atoms with Crippen molar-refractivity contribution in [3.8, 4) is 11.4 Å². The number of ether oxygens (including phenoxy) is 1. The number of sulfone groups is 1. The normalized spacial score (nSPS) is 14.3. The van der Waals surface area contributed by atoms with Crippen molar-refractivity contribution in [1.29, 1.82) is 0 Å². The summed E-state index contributed by atoms with van der Waals surface area (Å²) in [6.07, 6.45) is 0.833. The van der Waals surface area contributed by atoms with E-state index in [2.05, 4.69) is 10.4 Å². The predicted molar refractivity (Wildman–Crippen MR) is 119 cm³/mol. The standard InChI is InChI=1S/C23H25N3O4S/c1-15-4-10-21(16(2)12-15)26-23(19-13-31(28,29)14-20(19)25-26)24-22(27)11-7-17-5-8-18(30-3)9-6-17/h4-6,8-10,12H,7,11,13-14H2,1-3H3,(H,24,27). The molecule has 3 aromatic rings. The number of carbonyl (C=O) groups excluding carboxylic acids is 1. The van der Waals surface area contributed by atoms with Crippen molar-refractivity contribution in [2.24, 2.45) is 0 Å². The number of rotatable bonds is 6. The average Bonchev–Trinajstić information content (AvgIpc) is 3.19. The van der Waals surface area contributed by atoms with E-state index in [0.29, 0.717) is 23.5 Å². The first-order valence-corrected chi connectivity index (χ1v) is 11.9. The zero-order valence-electron chi connectivity index (χ0n) is 17.8. The molecule has 1 aromatic heterocycles. The molecule has 1 aliphatic heterocycles. The van der Waals surface area contributed by atoms with Gasteiger partial charge in [0.25, 0.3) is 0 Å². The van der Waals surface area contributed by atoms with E-state index < -0.39 is 9.84 Å². The number of aromatic nitrogens is 2. The summed E-state index contributed by atoms with van der Waals surface area (Å²) >= 11 is 0. The highest BCUT2D eigenvalue weighted by Crippen LogP contribution is 2.34. The van der Waals surface area contributed by atoms with Crippen LogP contribution in [0.3, 0.4) is 0 Å². The van der Waals surface area contributed by atoms with Crippen LogP contribution in [0, 0.1) is 13.8 Å². The predicted octanol–water partition coefficient (Wildman–Crippen LogP) is 3.50. The fourth-order valence-electron chi connectivity index (χ4n) is 3.83. The Morgan fingerprint density at radius 3 is 2.55 bits per heavy atom. The molecule has 1 amide bonds. The number of carbonyl (C=O) groups is 1. The van der Waals surface area contributed by atoms with Gasteiger partial charge in [0.15, 0.2) is 9.84 Å². The fourth-order valence-corrected chi connectivity index (χ4v) is 5.33. The van der Waals surface area contributed by atoms with Gasteiger partial charge in [-0.25, -0.2) is 13.1 Å². The summed E-state index contributed by atoms with van der Waals surface area (Å²) in [6, 6.07) is 13.5. The quantitative estimate of drug-likeness (QED) is 0.635. The lowest BCUT2D eigenvalue weighted by atomic mass is 10.1. The van der Waals surface area contributed by atoms with Gasteiger partial charge in [0, 0.05) is 12.0 Å². The Hall–Kier alpha value is -3.13. The van der Waals surface area contributed by atoms with Gasteiger partial charge in [0.1, 0.15) is 11.6 Å². The molecular formula is C23H25N3O4S. The summed E-state index contributed by atoms with van der Waals surface area (Å²) in [5.74, 6) is 0.815. The molecule has 0 radical (unpaired) electrons. The van der Waals surface area contributed by atoms with E-state index in [1.165, 1.54) is 0 Å². The number of hydrogen-bond donors (Lipinski definition) is 1. The summed E-state index contributed by atoms with van der Waals surface area (Å²) in [6.45, 7) is 3.98. The summed E-state index contributed by atoms with van der Waals surface area (Å²) in [4.78, 5) is 12.8. The Kier molecular flexibility index (Phi) is 5.58. The van der Waals surface area contributed by atoms with E-state index in [4.69, 9.17) is 4.74 Å². The number of methoxy groups -OCH3 is 1. The maximum absolute atomic E-state index is 12.8. The van der Waals surface area contributed by atoms with Crippen molar-refractivity contribution in [3.05, 3.63) is 70.4 Å². The number of benzene rings is 2. The first kappa shape index (κ1) is 21.1. The van der Waals surface area contributed by atoms with Crippen molar-refractivity contribution < 1.29 is 17.9 Å². The maximum atomic E-state index is 12.8. The first-order chi connectivity index (χ1) is 14.8. The van der Waals surface area contributed by atoms with Crippen LogP contribution in [-0.4, -0.2) is 31.2 Å². The minimum absolute atomic E-state index is 0.102. The lowest BCUT2D eigenvalue weighted by Crippen LogP contribution is -2.17. The zero-order chi connectivity index (χ0) is 22.2. The molecule has 0 aliphatic carbocycles. The van der Waals surface area contributed by atoms with Crippen molar-refractivity contribution in [2.75, 3.05) is 12.4 Å². The van der Waals surface area contributed by atoms with Gasteiger partial charge in [-0.1, -0.05) is 29.8 Å². The van der Waals surface area contributed by atoms with Gasteiger partial charge < -0.3 is 10.1 Å². The molecule has 0 saturated heterocycles. The largest absolute Gasteiger partial charge is 0.497 e. The third kappa shape index (κ3) is 4.49. The van der Waals surface area contributed by atoms with Crippen LogP contribution in [0.15, 0.2) is 42.5 Å². The minimum atomic E-state index is -3.24. The molecule has 0 bridgehead atoms. The maximum Gasteiger partial charge on any atom is 0.225 e. The summed E-state index contributed by atoms with van der Waals surface area (Å²) in [7, 11) is -1.63. The second-order valence-electron chi connectivity index (χ2n) is 7.90. The van der Waals surface area contributed by atoms with E-state index in [-0.39, 0.29) is 23.8 Å². The van der Waals surface area contributed by atoms with E-state index in [0.717, 1.165) is 28.1 Å². The fraction of sp³-hybridized carbons (Fsp3) is 0.304. The van der Waals surface area contributed by atoms with E-state index in [1.807, 2.05) is 56.3 Å². The van der Waals surface area contributed by atoms with Gasteiger partial charge in [-0.3, -0.25) is 4.79 Å². The van der Waals surface area contributed by atoms with Crippen molar-refractivity contribution in [2.45, 2.75) is 38.2 Å². The number of nitrogens with one attached hydrogen (secondary N) is 1. The van der Waals surface area contributed by atoms with Crippen LogP contribution in [0.5, 0.6) is 5.75 Å². The van der Waals surface area contributed by atoms with Crippen LogP contribution in [0.1, 0.15) is 34.4 Å². The lowest BCUT2D eigenvalue weighted by molar-refractivity contribution is -0.116. The molecule has 2 aromatic carbocycles. The molecule has 1 aliphatic rings. The molecule has 0 saturated carbocycles. The van der Waals surface area contributed by atoms with Gasteiger partial charge in [-0.2, -0.15) is 5.10 Å². The number of anilines is 1. The Bertz CT molecular complexity index is 1240. The molecule has 0 fully saturated rings. The Labute approximate surface area is 182 Å². The Morgan fingerprint density at radius 1 is 1.13 bits per heavy atom. The molecule has 31 heavy (non-hydrogen) atoms. The number of nitrogens with zero attached hydrogens (tertiary/aromatic N) is 2. The number of amides is 1. The summed E-state index contributed by atoms with van der Waals surface area (Å²) in [5.41, 5.74) is 5.05. The zero-order valence-corrected chi connectivity index (χ0v) is 18.6. The van der Waals surface area contributed by atoms with Gasteiger partial charge in [0.2, 0.25) is 5.91 Å². The molecule has 0 atom stereocenters. The molecule has 4 rings (SSSR count). The number of hydrogen-bond acceptors (Lipinski definition) is 5. The number of aryl methyl sites for hydroxylation is 3. The van der Waals surface area contributed by atoms with Crippen LogP contribution in [0.25, 0.3) is 5.69 Å². The highest BCUT2D eigenvalue weighted by Gasteiger charge is 2.33. The summed E-state index contributed by atoms with van der Waals surface area (Å²) in [5, 5.41) is 7.48. The van der Waals surface area contributed by atoms with Crippen LogP contribution >= 0.6 is 0 Å². The van der Waals surface area contributed by atoms with Crippen LogP contribution in [0.2, 0.25) is 0 Å². The minimum Gasteiger partial charge on any atom is -0.497 e. The van der Waals surface area contributed by atoms with Crippen molar-refractivity contribution in [3.63, 3.8) is 0 Å². The topological polar surface area (TPSA) is 90.3 Å². The molecule has 0 unspecified atom stereocenters. The van der Waals surface area contributed by atoms with Gasteiger partial charge in [-0.15, -0.1) is 0 Å². The highest BCUT2D eigenvalue weighted by atomic mass is 32.2. The van der Waals surface area contributed by atoms with Crippen LogP contribution in [-0.2, 0) is 32.6 Å². The SMILES string of the molecule is COc1ccc(CCC(=O)Nc2c3c(nn2-c2ccc(C)cc2C)CS(=O)(=O)C3)cc1. The van der Waals surface area contributed by atoms with Crippen molar-refractivity contribution in [1.82, 2.24) is 9.78 Å². The second-order valence-corrected chi connectivity index (χ2v) is 9.97. The van der Waals surface area contributed by atoms with Gasteiger partial charge >= 0.3 is 0 Å². The highest BCUT2D eigenvalue weighted by molar-refractivity contribution is 7.90. The first-order valence-electron chi connectivity index (χ1n) is 10.1. The molecule has 7 nitrogen and oxygen atoms in total. The smallest absolute Gasteiger partial charge is 0.225 e. The number of fused-ring (bicyclic) bond motifs is 1. The van der Waals surface area contributed by atoms with E-state index in [1.54, 1.807) is 11.8 Å². The summed E-state index contributed by atoms with van der Waals surface area (Å²) < 4.78 is 31.1. The monoisotopic (exact) mass is 439 g/mol. The molecule has 8 heteroatoms. The molecular weight excluding hydrogens is 414 g/mol. The van der Waals surface area contributed by atoms with E-state index in [9.17, 15) is 13.2 Å². The van der Waals surface area contributed by atoms with Crippen molar-refractivity contribution >= 4 is 21.6 Å². The molecule has 2 heterocycles. The van der Waals surface area contributed by atoms with Crippen LogP contribution < -0.4 is 10.1 Å². The van der Waals surface area contributed by atoms with E-state index >= 15 is 0 Å². The third-order valence-corrected chi connectivity index (χ3v) is 6.87. The Balaban J connectivity index is 1.59. The molecule has 162 valence electrons. The van der Waals surface area contributed by atoms with Gasteiger partial charge in [0.05, 0.1) is 30.0 Å². The van der Waals surface area contributed by atoms with Crippen LogP contribution in [0.4, 0.5) is 5.82 Å².